The topological polar surface area (TPSA) is 30.7 Å². The summed E-state index contributed by atoms with van der Waals surface area (Å²) in [5, 5.41) is 8.03. The van der Waals surface area contributed by atoms with Crippen molar-refractivity contribution in [2.75, 3.05) is 0 Å². The van der Waals surface area contributed by atoms with Crippen LogP contribution in [0.5, 0.6) is 0 Å². The van der Waals surface area contributed by atoms with Gasteiger partial charge < -0.3 is 0 Å². The van der Waals surface area contributed by atoms with Crippen molar-refractivity contribution in [2.45, 2.75) is 6.54 Å². The van der Waals surface area contributed by atoms with Crippen LogP contribution in [0.1, 0.15) is 16.8 Å². The van der Waals surface area contributed by atoms with Gasteiger partial charge in [0, 0.05) is 5.56 Å². The quantitative estimate of drug-likeness (QED) is 0.662. The Bertz CT molecular complexity index is 734. The number of benzene rings is 2. The standard InChI is InChI=1S/C17H13N3/c1-3-7-15(8-4-1)11-12-17-13-18-19-20(17)14-16-9-5-2-6-10-16/h1-10,13H,14H2. The zero-order chi connectivity index (χ0) is 13.6. The van der Waals surface area contributed by atoms with E-state index in [9.17, 15) is 0 Å². The maximum Gasteiger partial charge on any atom is 0.132 e. The number of rotatable bonds is 2. The largest absolute Gasteiger partial charge is 0.232 e. The first kappa shape index (κ1) is 12.2. The van der Waals surface area contributed by atoms with Gasteiger partial charge in [-0.25, -0.2) is 4.68 Å². The first-order valence-corrected chi connectivity index (χ1v) is 6.41. The molecule has 3 nitrogen and oxygen atoms in total. The van der Waals surface area contributed by atoms with Crippen molar-refractivity contribution in [3.63, 3.8) is 0 Å². The third-order valence-electron chi connectivity index (χ3n) is 2.90. The van der Waals surface area contributed by atoms with Gasteiger partial charge in [0.15, 0.2) is 0 Å². The Morgan fingerprint density at radius 1 is 0.850 bits per heavy atom. The molecule has 1 aromatic heterocycles. The van der Waals surface area contributed by atoms with E-state index < -0.39 is 0 Å². The van der Waals surface area contributed by atoms with Gasteiger partial charge in [-0.2, -0.15) is 0 Å². The minimum absolute atomic E-state index is 0.680. The van der Waals surface area contributed by atoms with Gasteiger partial charge >= 0.3 is 0 Å². The molecule has 1 heterocycles. The predicted octanol–water partition coefficient (Wildman–Crippen LogP) is 2.73. The highest BCUT2D eigenvalue weighted by Crippen LogP contribution is 2.04. The zero-order valence-corrected chi connectivity index (χ0v) is 10.9. The van der Waals surface area contributed by atoms with Crippen LogP contribution in [0, 0.1) is 11.8 Å². The molecule has 0 atom stereocenters. The Balaban J connectivity index is 1.83. The van der Waals surface area contributed by atoms with Gasteiger partial charge in [0.25, 0.3) is 0 Å². The molecular weight excluding hydrogens is 246 g/mol. The van der Waals surface area contributed by atoms with Crippen molar-refractivity contribution in [1.29, 1.82) is 0 Å². The van der Waals surface area contributed by atoms with Crippen LogP contribution in [0.2, 0.25) is 0 Å². The molecule has 0 aliphatic carbocycles. The third kappa shape index (κ3) is 2.93. The van der Waals surface area contributed by atoms with Gasteiger partial charge in [-0.15, -0.1) is 5.10 Å². The fourth-order valence-corrected chi connectivity index (χ4v) is 1.89. The molecule has 0 fully saturated rings. The fourth-order valence-electron chi connectivity index (χ4n) is 1.89. The smallest absolute Gasteiger partial charge is 0.132 e. The summed E-state index contributed by atoms with van der Waals surface area (Å²) < 4.78 is 1.81. The highest BCUT2D eigenvalue weighted by Gasteiger charge is 2.01. The molecule has 3 heteroatoms. The molecule has 3 aromatic rings. The van der Waals surface area contributed by atoms with Crippen LogP contribution >= 0.6 is 0 Å². The second-order valence-electron chi connectivity index (χ2n) is 4.38. The number of aromatic nitrogens is 3. The molecule has 2 aromatic carbocycles. The average molecular weight is 259 g/mol. The normalized spacial score (nSPS) is 9.80. The van der Waals surface area contributed by atoms with Gasteiger partial charge in [-0.3, -0.25) is 0 Å². The van der Waals surface area contributed by atoms with E-state index >= 15 is 0 Å². The number of hydrogen-bond donors (Lipinski definition) is 0. The summed E-state index contributed by atoms with van der Waals surface area (Å²) in [6.07, 6.45) is 1.69. The highest BCUT2D eigenvalue weighted by atomic mass is 15.4. The van der Waals surface area contributed by atoms with Gasteiger partial charge in [0.2, 0.25) is 0 Å². The Morgan fingerprint density at radius 3 is 2.30 bits per heavy atom. The first-order valence-electron chi connectivity index (χ1n) is 6.41. The van der Waals surface area contributed by atoms with E-state index in [-0.39, 0.29) is 0 Å². The molecule has 0 bridgehead atoms. The third-order valence-corrected chi connectivity index (χ3v) is 2.90. The molecule has 0 saturated carbocycles. The monoisotopic (exact) mass is 259 g/mol. The summed E-state index contributed by atoms with van der Waals surface area (Å²) in [6.45, 7) is 0.680. The van der Waals surface area contributed by atoms with Crippen LogP contribution < -0.4 is 0 Å². The summed E-state index contributed by atoms with van der Waals surface area (Å²) in [5.74, 6) is 6.24. The Morgan fingerprint density at radius 2 is 1.55 bits per heavy atom. The van der Waals surface area contributed by atoms with Gasteiger partial charge in [0.05, 0.1) is 12.7 Å². The summed E-state index contributed by atoms with van der Waals surface area (Å²) >= 11 is 0. The van der Waals surface area contributed by atoms with Crippen LogP contribution in [0.15, 0.2) is 66.9 Å². The molecule has 0 saturated heterocycles. The molecule has 0 spiro atoms. The molecule has 0 unspecified atom stereocenters. The van der Waals surface area contributed by atoms with Gasteiger partial charge in [0.1, 0.15) is 5.69 Å². The molecule has 0 aliphatic heterocycles. The molecule has 3 rings (SSSR count). The predicted molar refractivity (Wildman–Crippen MR) is 78.0 cm³/mol. The molecule has 20 heavy (non-hydrogen) atoms. The molecule has 0 aliphatic rings. The van der Waals surface area contributed by atoms with Crippen molar-refractivity contribution >= 4 is 0 Å². The fraction of sp³-hybridized carbons (Fsp3) is 0.0588. The minimum atomic E-state index is 0.680. The lowest BCUT2D eigenvalue weighted by Gasteiger charge is -2.01. The molecule has 0 N–H and O–H groups in total. The average Bonchev–Trinajstić information content (AvgIpc) is 2.94. The second kappa shape index (κ2) is 5.85. The first-order chi connectivity index (χ1) is 9.92. The van der Waals surface area contributed by atoms with E-state index in [4.69, 9.17) is 0 Å². The molecular formula is C17H13N3. The lowest BCUT2D eigenvalue weighted by atomic mass is 10.2. The van der Waals surface area contributed by atoms with E-state index in [0.717, 1.165) is 11.3 Å². The molecule has 96 valence electrons. The van der Waals surface area contributed by atoms with Crippen molar-refractivity contribution in [1.82, 2.24) is 15.0 Å². The summed E-state index contributed by atoms with van der Waals surface area (Å²) in [4.78, 5) is 0. The van der Waals surface area contributed by atoms with E-state index in [1.165, 1.54) is 5.56 Å². The van der Waals surface area contributed by atoms with E-state index in [0.29, 0.717) is 6.54 Å². The lowest BCUT2D eigenvalue weighted by molar-refractivity contribution is 0.643. The van der Waals surface area contributed by atoms with Crippen molar-refractivity contribution < 1.29 is 0 Å². The van der Waals surface area contributed by atoms with Gasteiger partial charge in [-0.05, 0) is 23.6 Å². The Hall–Kier alpha value is -2.86. The van der Waals surface area contributed by atoms with Crippen LogP contribution in [0.4, 0.5) is 0 Å². The summed E-state index contributed by atoms with van der Waals surface area (Å²) in [6, 6.07) is 20.1. The van der Waals surface area contributed by atoms with Crippen LogP contribution in [0.25, 0.3) is 0 Å². The van der Waals surface area contributed by atoms with Gasteiger partial charge in [-0.1, -0.05) is 59.7 Å². The maximum absolute atomic E-state index is 4.09. The lowest BCUT2D eigenvalue weighted by Crippen LogP contribution is -2.04. The number of hydrogen-bond acceptors (Lipinski definition) is 2. The Kier molecular flexibility index (Phi) is 3.57. The molecule has 0 radical (unpaired) electrons. The van der Waals surface area contributed by atoms with Crippen LogP contribution in [-0.4, -0.2) is 15.0 Å². The van der Waals surface area contributed by atoms with Crippen molar-refractivity contribution in [2.24, 2.45) is 0 Å². The van der Waals surface area contributed by atoms with E-state index in [1.807, 2.05) is 53.2 Å². The van der Waals surface area contributed by atoms with E-state index in [2.05, 4.69) is 34.3 Å². The van der Waals surface area contributed by atoms with Crippen LogP contribution in [-0.2, 0) is 6.54 Å². The highest BCUT2D eigenvalue weighted by molar-refractivity contribution is 5.39. The Labute approximate surface area is 117 Å². The summed E-state index contributed by atoms with van der Waals surface area (Å²) in [7, 11) is 0. The number of nitrogens with zero attached hydrogens (tertiary/aromatic N) is 3. The SMILES string of the molecule is C(#Cc1cnnn1Cc1ccccc1)c1ccccc1. The maximum atomic E-state index is 4.09. The van der Waals surface area contributed by atoms with Crippen molar-refractivity contribution in [3.8, 4) is 11.8 Å². The van der Waals surface area contributed by atoms with E-state index in [1.54, 1.807) is 6.20 Å². The van der Waals surface area contributed by atoms with Crippen LogP contribution in [0.3, 0.4) is 0 Å². The second-order valence-corrected chi connectivity index (χ2v) is 4.38. The zero-order valence-electron chi connectivity index (χ0n) is 10.9. The summed E-state index contributed by atoms with van der Waals surface area (Å²) in [5.41, 5.74) is 2.98. The molecule has 0 amide bonds. The minimum Gasteiger partial charge on any atom is -0.232 e. The van der Waals surface area contributed by atoms with Crippen molar-refractivity contribution in [3.05, 3.63) is 83.7 Å².